The zero-order chi connectivity index (χ0) is 73.6. The molecule has 0 bridgehead atoms. The number of thiazole rings is 2. The number of urea groups is 1. The Kier molecular flexibility index (Phi) is 25.7. The van der Waals surface area contributed by atoms with Crippen molar-refractivity contribution in [2.45, 2.75) is 98.3 Å². The minimum atomic E-state index is -0.406. The van der Waals surface area contributed by atoms with Crippen LogP contribution in [0.3, 0.4) is 0 Å². The Morgan fingerprint density at radius 1 is 0.619 bits per heavy atom. The van der Waals surface area contributed by atoms with Crippen molar-refractivity contribution in [1.29, 1.82) is 10.5 Å². The second-order valence-corrected chi connectivity index (χ2v) is 28.1. The summed E-state index contributed by atoms with van der Waals surface area (Å²) in [6.07, 6.45) is 16.3. The van der Waals surface area contributed by atoms with Gasteiger partial charge in [0, 0.05) is 162 Å². The number of nitrogens with two attached hydrogens (primary N) is 1. The Labute approximate surface area is 617 Å². The minimum absolute atomic E-state index is 0. The van der Waals surface area contributed by atoms with E-state index in [0.29, 0.717) is 81.1 Å². The second kappa shape index (κ2) is 35.1. The van der Waals surface area contributed by atoms with Gasteiger partial charge in [-0.2, -0.15) is 10.5 Å². The molecule has 0 saturated carbocycles. The standard InChI is InChI=1S/C34H36FN11OS.C28H26FN9S.C10H20N2O2.CH2O2.CH4/c1-3-27-31(43(2)34-42-30(28(18-36)48-34)22-4-7-25(35)8-5-22)46-21-23(6-9-29(46)41-27)24-19-38-32(39-20-24)44-14-16-45(17-15-44)33(47)40-26-10-12-37-13-11-26;1-3-22-26(36(2)28-35-25(23(14-30)39-28)18-4-7-21(29)8-5-18)38-17-19(6-9-24(38)34-22)20-15-32-27(33-16-20)37-12-10-31-11-13-37;1-10(2,3)14-9(13)12-6-4-8(11)5-7-12;2-1-3;/h4-9,19-21,26,37H,3,10-17H2,1-2H3,(H,40,47);4-9,15-17,31H,3,10-13H2,1-2H3;8H,4-7,11H2,1-3H3;1H,(H,2,3);1H4. The summed E-state index contributed by atoms with van der Waals surface area (Å²) in [5, 5.41) is 37.7. The second-order valence-electron chi connectivity index (χ2n) is 26.1. The van der Waals surface area contributed by atoms with Crippen molar-refractivity contribution in [2.75, 3.05) is 112 Å². The van der Waals surface area contributed by atoms with E-state index < -0.39 is 5.60 Å². The van der Waals surface area contributed by atoms with Gasteiger partial charge in [0.15, 0.2) is 10.3 Å². The number of aromatic nitrogens is 10. The van der Waals surface area contributed by atoms with Crippen molar-refractivity contribution in [3.05, 3.63) is 143 Å². The Morgan fingerprint density at radius 3 is 1.44 bits per heavy atom. The number of fused-ring (bicyclic) bond motifs is 2. The van der Waals surface area contributed by atoms with Gasteiger partial charge in [-0.15, -0.1) is 0 Å². The molecule has 6 N–H and O–H groups in total. The molecule has 12 heterocycles. The van der Waals surface area contributed by atoms with Crippen molar-refractivity contribution in [1.82, 2.24) is 74.4 Å². The molecule has 0 aliphatic carbocycles. The number of carbonyl (C=O) groups is 3. The fraction of sp³-hybridized carbons (Fsp3) is 0.392. The first kappa shape index (κ1) is 76.8. The number of ether oxygens (including phenoxy) is 1. The van der Waals surface area contributed by atoms with Gasteiger partial charge in [-0.3, -0.25) is 13.6 Å². The van der Waals surface area contributed by atoms with E-state index in [9.17, 15) is 28.9 Å². The maximum absolute atomic E-state index is 13.6. The highest BCUT2D eigenvalue weighted by Crippen LogP contribution is 2.40. The first-order chi connectivity index (χ1) is 50.3. The first-order valence-corrected chi connectivity index (χ1v) is 36.2. The van der Waals surface area contributed by atoms with Crippen molar-refractivity contribution in [3.8, 4) is 56.9 Å². The molecule has 3 amide bonds. The van der Waals surface area contributed by atoms with Gasteiger partial charge >= 0.3 is 12.1 Å². The number of anilines is 6. The van der Waals surface area contributed by atoms with E-state index in [4.69, 9.17) is 50.3 Å². The smallest absolute Gasteiger partial charge is 0.410 e. The average Bonchev–Trinajstić information content (AvgIpc) is 1.63. The Hall–Kier alpha value is -10.8. The summed E-state index contributed by atoms with van der Waals surface area (Å²) >= 11 is 2.58. The zero-order valence-electron chi connectivity index (χ0n) is 59.1. The van der Waals surface area contributed by atoms with E-state index in [1.54, 1.807) is 29.2 Å². The number of imidazole rings is 2. The van der Waals surface area contributed by atoms with Gasteiger partial charge < -0.3 is 60.9 Å². The third kappa shape index (κ3) is 18.6. The number of amides is 3. The molecule has 8 aromatic heterocycles. The van der Waals surface area contributed by atoms with E-state index in [0.717, 1.165) is 147 Å². The van der Waals surface area contributed by atoms with Crippen LogP contribution in [0, 0.1) is 34.3 Å². The number of halogens is 2. The molecule has 4 aliphatic heterocycles. The molecule has 0 atom stereocenters. The lowest BCUT2D eigenvalue weighted by Gasteiger charge is -2.36. The Morgan fingerprint density at radius 2 is 1.03 bits per heavy atom. The number of nitriles is 2. The molecule has 4 aliphatic rings. The lowest BCUT2D eigenvalue weighted by atomic mass is 10.1. The van der Waals surface area contributed by atoms with Crippen LogP contribution in [0.4, 0.5) is 52.2 Å². The predicted molar refractivity (Wildman–Crippen MR) is 405 cm³/mol. The normalized spacial score (nSPS) is 14.8. The number of likely N-dealkylation sites (tertiary alicyclic amines) is 1. The molecule has 4 fully saturated rings. The summed E-state index contributed by atoms with van der Waals surface area (Å²) in [6, 6.07) is 25.0. The summed E-state index contributed by atoms with van der Waals surface area (Å²) in [5.41, 5.74) is 14.9. The number of hydrogen-bond donors (Lipinski definition) is 5. The van der Waals surface area contributed by atoms with E-state index in [1.807, 2.05) is 120 Å². The summed E-state index contributed by atoms with van der Waals surface area (Å²) in [5.74, 6) is 2.43. The van der Waals surface area contributed by atoms with E-state index in [1.165, 1.54) is 46.9 Å². The number of nitrogens with one attached hydrogen (secondary N) is 3. The Balaban J connectivity index is 0.000000185. The number of piperidine rings is 2. The molecule has 27 nitrogen and oxygen atoms in total. The van der Waals surface area contributed by atoms with Gasteiger partial charge in [0.1, 0.15) is 73.4 Å². The van der Waals surface area contributed by atoms with Crippen LogP contribution in [0.1, 0.15) is 88.9 Å². The minimum Gasteiger partial charge on any atom is -0.483 e. The van der Waals surface area contributed by atoms with Gasteiger partial charge in [-0.1, -0.05) is 43.9 Å². The number of carboxylic acid groups (broad SMARTS) is 1. The molecule has 0 spiro atoms. The fourth-order valence-corrected chi connectivity index (χ4v) is 14.1. The molecule has 31 heteroatoms. The van der Waals surface area contributed by atoms with E-state index >= 15 is 0 Å². The Bertz CT molecular complexity index is 4660. The van der Waals surface area contributed by atoms with Gasteiger partial charge in [0.05, 0.1) is 11.4 Å². The van der Waals surface area contributed by atoms with E-state index in [2.05, 4.69) is 61.7 Å². The van der Waals surface area contributed by atoms with Crippen LogP contribution < -0.4 is 41.3 Å². The zero-order valence-corrected chi connectivity index (χ0v) is 60.8. The lowest BCUT2D eigenvalue weighted by molar-refractivity contribution is -0.122. The molecule has 0 radical (unpaired) electrons. The molecule has 105 heavy (non-hydrogen) atoms. The summed E-state index contributed by atoms with van der Waals surface area (Å²) < 4.78 is 36.4. The molecule has 0 unspecified atom stereocenters. The maximum atomic E-state index is 13.6. The van der Waals surface area contributed by atoms with Crippen LogP contribution in [0.5, 0.6) is 0 Å². The highest BCUT2D eigenvalue weighted by atomic mass is 32.1. The van der Waals surface area contributed by atoms with Crippen molar-refractivity contribution < 1.29 is 33.0 Å². The van der Waals surface area contributed by atoms with Gasteiger partial charge in [0.2, 0.25) is 11.9 Å². The van der Waals surface area contributed by atoms with E-state index in [-0.39, 0.29) is 49.7 Å². The lowest BCUT2D eigenvalue weighted by Crippen LogP contribution is -2.54. The molecule has 2 aromatic carbocycles. The average molecular weight is 1470 g/mol. The number of piperazine rings is 2. The summed E-state index contributed by atoms with van der Waals surface area (Å²) in [4.78, 5) is 83.4. The van der Waals surface area contributed by atoms with Crippen LogP contribution in [-0.4, -0.2) is 192 Å². The highest BCUT2D eigenvalue weighted by Gasteiger charge is 2.29. The third-order valence-electron chi connectivity index (χ3n) is 17.9. The van der Waals surface area contributed by atoms with Crippen LogP contribution in [0.25, 0.3) is 56.1 Å². The van der Waals surface area contributed by atoms with Gasteiger partial charge in [0.25, 0.3) is 6.47 Å². The topological polar surface area (TPSA) is 322 Å². The third-order valence-corrected chi connectivity index (χ3v) is 20.0. The monoisotopic (exact) mass is 1470 g/mol. The van der Waals surface area contributed by atoms with Gasteiger partial charge in [-0.05, 0) is 145 Å². The number of rotatable bonds is 13. The largest absolute Gasteiger partial charge is 0.483 e. The number of pyridine rings is 2. The number of nitrogens with zero attached hydrogens (tertiary/aromatic N) is 18. The number of hydrogen-bond acceptors (Lipinski definition) is 23. The van der Waals surface area contributed by atoms with Crippen molar-refractivity contribution in [2.24, 2.45) is 5.73 Å². The highest BCUT2D eigenvalue weighted by molar-refractivity contribution is 7.17. The molecule has 14 rings (SSSR count). The molecular weight excluding hydrogens is 1380 g/mol. The number of carbonyl (C=O) groups excluding carboxylic acids is 2. The molecule has 4 saturated heterocycles. The fourth-order valence-electron chi connectivity index (χ4n) is 12.4. The molecular formula is C74H88F2N22O5S2. The number of benzene rings is 2. The quantitative estimate of drug-likeness (QED) is 0.0670. The maximum Gasteiger partial charge on any atom is 0.410 e. The van der Waals surface area contributed by atoms with Gasteiger partial charge in [-0.25, -0.2) is 58.2 Å². The predicted octanol–water partition coefficient (Wildman–Crippen LogP) is 11.2. The van der Waals surface area contributed by atoms with Crippen LogP contribution in [0.2, 0.25) is 0 Å². The summed E-state index contributed by atoms with van der Waals surface area (Å²) in [7, 11) is 3.84. The van der Waals surface area contributed by atoms with Crippen molar-refractivity contribution in [3.63, 3.8) is 0 Å². The van der Waals surface area contributed by atoms with Crippen LogP contribution >= 0.6 is 22.7 Å². The van der Waals surface area contributed by atoms with Crippen LogP contribution in [0.15, 0.2) is 110 Å². The van der Waals surface area contributed by atoms with Crippen molar-refractivity contribution >= 4 is 86.4 Å². The van der Waals surface area contributed by atoms with Crippen LogP contribution in [-0.2, 0) is 22.4 Å². The number of aryl methyl sites for hydroxylation is 2. The molecule has 550 valence electrons. The summed E-state index contributed by atoms with van der Waals surface area (Å²) in [6.45, 7) is 19.0. The first-order valence-electron chi connectivity index (χ1n) is 34.5. The molecule has 10 aromatic rings. The SMILES string of the molecule is C.CC(C)(C)OC(=O)N1CCC(N)CC1.CCc1nc2ccc(-c3cnc(N4CCN(C(=O)NC5CCNCC5)CC4)nc3)cn2c1N(C)c1nc(-c2ccc(F)cc2)c(C#N)s1.CCc1nc2ccc(-c3cnc(N4CCNCC4)nc3)cn2c1N(C)c1nc(-c2ccc(F)cc2)c(C#N)s1.O=CO.